The SMILES string of the molecule is C1CNCC2COCC2C1. The van der Waals surface area contributed by atoms with Crippen molar-refractivity contribution in [1.82, 2.24) is 5.32 Å². The molecule has 2 saturated heterocycles. The first-order chi connectivity index (χ1) is 4.97. The molecule has 2 atom stereocenters. The highest BCUT2D eigenvalue weighted by atomic mass is 16.5. The fourth-order valence-electron chi connectivity index (χ4n) is 1.96. The van der Waals surface area contributed by atoms with Crippen LogP contribution in [0.2, 0.25) is 0 Å². The molecule has 2 nitrogen and oxygen atoms in total. The lowest BCUT2D eigenvalue weighted by atomic mass is 9.93. The first kappa shape index (κ1) is 6.62. The van der Waals surface area contributed by atoms with Crippen molar-refractivity contribution in [2.45, 2.75) is 12.8 Å². The van der Waals surface area contributed by atoms with E-state index in [1.165, 1.54) is 25.9 Å². The van der Waals surface area contributed by atoms with Crippen molar-refractivity contribution in [3.8, 4) is 0 Å². The molecule has 0 aromatic rings. The molecular formula is C8H15NO. The summed E-state index contributed by atoms with van der Waals surface area (Å²) in [5.41, 5.74) is 0. The maximum Gasteiger partial charge on any atom is 0.0510 e. The molecule has 2 aliphatic heterocycles. The van der Waals surface area contributed by atoms with E-state index in [-0.39, 0.29) is 0 Å². The first-order valence-electron chi connectivity index (χ1n) is 4.25. The largest absolute Gasteiger partial charge is 0.381 e. The summed E-state index contributed by atoms with van der Waals surface area (Å²) < 4.78 is 5.41. The van der Waals surface area contributed by atoms with E-state index in [2.05, 4.69) is 5.32 Å². The van der Waals surface area contributed by atoms with Crippen LogP contribution in [-0.2, 0) is 4.74 Å². The Morgan fingerprint density at radius 3 is 3.10 bits per heavy atom. The molecule has 2 heterocycles. The second kappa shape index (κ2) is 2.89. The molecule has 58 valence electrons. The first-order valence-corrected chi connectivity index (χ1v) is 4.25. The van der Waals surface area contributed by atoms with E-state index in [9.17, 15) is 0 Å². The van der Waals surface area contributed by atoms with Crippen LogP contribution in [-0.4, -0.2) is 26.3 Å². The highest BCUT2D eigenvalue weighted by molar-refractivity contribution is 4.79. The normalized spacial score (nSPS) is 40.8. The van der Waals surface area contributed by atoms with Gasteiger partial charge in [-0.2, -0.15) is 0 Å². The maximum absolute atomic E-state index is 5.41. The Balaban J connectivity index is 1.95. The average Bonchev–Trinajstić information content (AvgIpc) is 2.28. The fraction of sp³-hybridized carbons (Fsp3) is 1.00. The highest BCUT2D eigenvalue weighted by Crippen LogP contribution is 2.25. The molecule has 1 N–H and O–H groups in total. The summed E-state index contributed by atoms with van der Waals surface area (Å²) in [4.78, 5) is 0. The molecule has 10 heavy (non-hydrogen) atoms. The lowest BCUT2D eigenvalue weighted by Crippen LogP contribution is -2.23. The lowest BCUT2D eigenvalue weighted by molar-refractivity contribution is 0.177. The summed E-state index contributed by atoms with van der Waals surface area (Å²) in [5.74, 6) is 1.69. The minimum Gasteiger partial charge on any atom is -0.381 e. The molecule has 0 bridgehead atoms. The van der Waals surface area contributed by atoms with Gasteiger partial charge < -0.3 is 10.1 Å². The van der Waals surface area contributed by atoms with Crippen LogP contribution >= 0.6 is 0 Å². The van der Waals surface area contributed by atoms with Crippen LogP contribution in [0.25, 0.3) is 0 Å². The Bertz CT molecular complexity index is 104. The van der Waals surface area contributed by atoms with E-state index in [1.807, 2.05) is 0 Å². The van der Waals surface area contributed by atoms with Gasteiger partial charge in [-0.3, -0.25) is 0 Å². The van der Waals surface area contributed by atoms with Crippen molar-refractivity contribution in [3.05, 3.63) is 0 Å². The van der Waals surface area contributed by atoms with Gasteiger partial charge in [0.2, 0.25) is 0 Å². The zero-order valence-electron chi connectivity index (χ0n) is 6.31. The average molecular weight is 141 g/mol. The van der Waals surface area contributed by atoms with Crippen molar-refractivity contribution in [1.29, 1.82) is 0 Å². The van der Waals surface area contributed by atoms with Crippen LogP contribution in [0.4, 0.5) is 0 Å². The monoisotopic (exact) mass is 141 g/mol. The second-order valence-electron chi connectivity index (χ2n) is 3.40. The van der Waals surface area contributed by atoms with Crippen molar-refractivity contribution in [2.75, 3.05) is 26.3 Å². The fourth-order valence-corrected chi connectivity index (χ4v) is 1.96. The third-order valence-corrected chi connectivity index (χ3v) is 2.67. The van der Waals surface area contributed by atoms with Gasteiger partial charge in [-0.25, -0.2) is 0 Å². The third-order valence-electron chi connectivity index (χ3n) is 2.67. The zero-order valence-corrected chi connectivity index (χ0v) is 6.31. The number of hydrogen-bond acceptors (Lipinski definition) is 2. The molecule has 2 fully saturated rings. The Morgan fingerprint density at radius 1 is 1.20 bits per heavy atom. The minimum atomic E-state index is 0.822. The summed E-state index contributed by atoms with van der Waals surface area (Å²) in [6.07, 6.45) is 2.71. The molecule has 2 rings (SSSR count). The summed E-state index contributed by atoms with van der Waals surface area (Å²) in [6, 6.07) is 0. The van der Waals surface area contributed by atoms with E-state index in [0.29, 0.717) is 0 Å². The Hall–Kier alpha value is -0.0800. The molecule has 2 heteroatoms. The Labute approximate surface area is 61.9 Å². The second-order valence-corrected chi connectivity index (χ2v) is 3.40. The van der Waals surface area contributed by atoms with Gasteiger partial charge in [0.25, 0.3) is 0 Å². The summed E-state index contributed by atoms with van der Waals surface area (Å²) in [6.45, 7) is 4.42. The van der Waals surface area contributed by atoms with Gasteiger partial charge in [0.1, 0.15) is 0 Å². The van der Waals surface area contributed by atoms with E-state index >= 15 is 0 Å². The third kappa shape index (κ3) is 1.18. The van der Waals surface area contributed by atoms with Gasteiger partial charge in [-0.15, -0.1) is 0 Å². The van der Waals surface area contributed by atoms with Crippen molar-refractivity contribution >= 4 is 0 Å². The van der Waals surface area contributed by atoms with Crippen molar-refractivity contribution in [2.24, 2.45) is 11.8 Å². The predicted molar refractivity (Wildman–Crippen MR) is 39.9 cm³/mol. The number of hydrogen-bond donors (Lipinski definition) is 1. The quantitative estimate of drug-likeness (QED) is 0.534. The number of fused-ring (bicyclic) bond motifs is 1. The van der Waals surface area contributed by atoms with Crippen LogP contribution in [0.3, 0.4) is 0 Å². The highest BCUT2D eigenvalue weighted by Gasteiger charge is 2.28. The van der Waals surface area contributed by atoms with Crippen LogP contribution in [0, 0.1) is 11.8 Å². The minimum absolute atomic E-state index is 0.822. The molecule has 2 aliphatic rings. The standard InChI is InChI=1S/C8H15NO/c1-2-7-5-10-6-8(7)4-9-3-1/h7-9H,1-6H2. The van der Waals surface area contributed by atoms with Gasteiger partial charge in [0, 0.05) is 13.2 Å². The van der Waals surface area contributed by atoms with E-state index in [0.717, 1.165) is 25.0 Å². The molecule has 0 aromatic carbocycles. The van der Waals surface area contributed by atoms with E-state index < -0.39 is 0 Å². The van der Waals surface area contributed by atoms with Crippen LogP contribution in [0.1, 0.15) is 12.8 Å². The van der Waals surface area contributed by atoms with Gasteiger partial charge in [-0.1, -0.05) is 0 Å². The molecule has 2 unspecified atom stereocenters. The Morgan fingerprint density at radius 2 is 2.10 bits per heavy atom. The molecule has 0 aliphatic carbocycles. The van der Waals surface area contributed by atoms with Crippen molar-refractivity contribution in [3.63, 3.8) is 0 Å². The predicted octanol–water partition coefficient (Wildman–Crippen LogP) is 0.632. The number of rotatable bonds is 0. The van der Waals surface area contributed by atoms with E-state index in [4.69, 9.17) is 4.74 Å². The van der Waals surface area contributed by atoms with Crippen molar-refractivity contribution < 1.29 is 4.74 Å². The maximum atomic E-state index is 5.41. The molecule has 0 saturated carbocycles. The molecule has 0 spiro atoms. The Kier molecular flexibility index (Phi) is 1.91. The molecule has 0 radical (unpaired) electrons. The topological polar surface area (TPSA) is 21.3 Å². The smallest absolute Gasteiger partial charge is 0.0510 e. The molecular weight excluding hydrogens is 126 g/mol. The van der Waals surface area contributed by atoms with Gasteiger partial charge >= 0.3 is 0 Å². The summed E-state index contributed by atoms with van der Waals surface area (Å²) in [5, 5.41) is 3.44. The van der Waals surface area contributed by atoms with Crippen LogP contribution < -0.4 is 5.32 Å². The zero-order chi connectivity index (χ0) is 6.81. The number of nitrogens with one attached hydrogen (secondary N) is 1. The molecule has 0 aromatic heterocycles. The number of ether oxygens (including phenoxy) is 1. The van der Waals surface area contributed by atoms with Gasteiger partial charge in [0.15, 0.2) is 0 Å². The molecule has 0 amide bonds. The van der Waals surface area contributed by atoms with Gasteiger partial charge in [0.05, 0.1) is 6.61 Å². The summed E-state index contributed by atoms with van der Waals surface area (Å²) >= 11 is 0. The lowest BCUT2D eigenvalue weighted by Gasteiger charge is -2.11. The van der Waals surface area contributed by atoms with Gasteiger partial charge in [-0.05, 0) is 31.2 Å². The van der Waals surface area contributed by atoms with Crippen LogP contribution in [0.15, 0.2) is 0 Å². The van der Waals surface area contributed by atoms with Crippen LogP contribution in [0.5, 0.6) is 0 Å². The van der Waals surface area contributed by atoms with E-state index in [1.54, 1.807) is 0 Å². The summed E-state index contributed by atoms with van der Waals surface area (Å²) in [7, 11) is 0.